The number of hydrogen-bond acceptors (Lipinski definition) is 5. The quantitative estimate of drug-likeness (QED) is 0.629. The molecule has 4 atom stereocenters. The SMILES string of the molecule is C[C@@H]1Cc2c(ccc3[nH]ncc23)[C@@H](C2=CC=C(N)CN2C2CN(C[C@H]3C[C@H]3F)C2)N1CC(F)(F)F. The van der Waals surface area contributed by atoms with Crippen molar-refractivity contribution in [2.45, 2.75) is 50.2 Å². The molecule has 1 saturated heterocycles. The average molecular weight is 491 g/mol. The molecule has 35 heavy (non-hydrogen) atoms. The molecule has 0 radical (unpaired) electrons. The molecule has 188 valence electrons. The fourth-order valence-corrected chi connectivity index (χ4v) is 6.04. The Morgan fingerprint density at radius 3 is 2.69 bits per heavy atom. The molecule has 0 spiro atoms. The summed E-state index contributed by atoms with van der Waals surface area (Å²) >= 11 is 0. The predicted octanol–water partition coefficient (Wildman–Crippen LogP) is 3.50. The van der Waals surface area contributed by atoms with Gasteiger partial charge in [0.1, 0.15) is 6.17 Å². The number of benzene rings is 1. The third-order valence-electron chi connectivity index (χ3n) is 7.97. The van der Waals surface area contributed by atoms with Crippen LogP contribution in [0.25, 0.3) is 10.9 Å². The first-order valence-corrected chi connectivity index (χ1v) is 12.2. The fourth-order valence-electron chi connectivity index (χ4n) is 6.04. The van der Waals surface area contributed by atoms with E-state index in [4.69, 9.17) is 5.73 Å². The first-order chi connectivity index (χ1) is 16.7. The third-order valence-corrected chi connectivity index (χ3v) is 7.97. The molecule has 1 aliphatic carbocycles. The largest absolute Gasteiger partial charge is 0.401 e. The van der Waals surface area contributed by atoms with E-state index in [9.17, 15) is 17.6 Å². The van der Waals surface area contributed by atoms with E-state index in [-0.39, 0.29) is 18.0 Å². The van der Waals surface area contributed by atoms with Crippen molar-refractivity contribution in [1.82, 2.24) is 24.9 Å². The molecule has 10 heteroatoms. The molecule has 3 N–H and O–H groups in total. The minimum atomic E-state index is -4.32. The molecule has 1 saturated carbocycles. The van der Waals surface area contributed by atoms with Crippen LogP contribution in [0.2, 0.25) is 0 Å². The number of aromatic amines is 1. The van der Waals surface area contributed by atoms with Crippen molar-refractivity contribution >= 4 is 10.9 Å². The second-order valence-corrected chi connectivity index (χ2v) is 10.6. The van der Waals surface area contributed by atoms with Gasteiger partial charge in [0, 0.05) is 48.4 Å². The third kappa shape index (κ3) is 4.20. The van der Waals surface area contributed by atoms with Crippen LogP contribution in [0.15, 0.2) is 41.9 Å². The topological polar surface area (TPSA) is 64.4 Å². The van der Waals surface area contributed by atoms with Gasteiger partial charge in [-0.2, -0.15) is 18.3 Å². The van der Waals surface area contributed by atoms with Crippen LogP contribution in [-0.4, -0.2) is 82.1 Å². The normalized spacial score (nSPS) is 30.1. The van der Waals surface area contributed by atoms with Crippen LogP contribution in [0, 0.1) is 5.92 Å². The number of fused-ring (bicyclic) bond motifs is 3. The molecule has 0 bridgehead atoms. The molecule has 2 fully saturated rings. The Labute approximate surface area is 201 Å². The molecule has 4 heterocycles. The Morgan fingerprint density at radius 1 is 1.20 bits per heavy atom. The molecule has 2 aromatic rings. The standard InChI is InChI=1S/C25H30F4N6/c1-14-6-19-18(3-4-22-20(19)8-31-32-22)24(35(14)13-25(27,28)29)23-5-2-16(30)10-34(23)17-11-33(12-17)9-15-7-21(15)26/h2-5,8,14-15,17,21,24H,6-7,9-13,30H2,1H3,(H,31,32)/t14-,15-,21-,24+/m1/s1. The zero-order valence-electron chi connectivity index (χ0n) is 19.6. The smallest absolute Gasteiger partial charge is 0.401 e. The molecule has 0 unspecified atom stereocenters. The number of H-pyrrole nitrogens is 1. The van der Waals surface area contributed by atoms with Crippen LogP contribution in [0.5, 0.6) is 0 Å². The highest BCUT2D eigenvalue weighted by atomic mass is 19.4. The van der Waals surface area contributed by atoms with E-state index in [2.05, 4.69) is 20.0 Å². The van der Waals surface area contributed by atoms with E-state index in [1.54, 1.807) is 11.1 Å². The van der Waals surface area contributed by atoms with Gasteiger partial charge >= 0.3 is 6.18 Å². The Bertz CT molecular complexity index is 1180. The van der Waals surface area contributed by atoms with Gasteiger partial charge in [-0.15, -0.1) is 0 Å². The number of likely N-dealkylation sites (tertiary alicyclic amines) is 1. The van der Waals surface area contributed by atoms with Gasteiger partial charge in [-0.1, -0.05) is 6.07 Å². The summed E-state index contributed by atoms with van der Waals surface area (Å²) in [5, 5.41) is 8.11. The summed E-state index contributed by atoms with van der Waals surface area (Å²) in [6.07, 6.45) is 1.64. The molecule has 6 nitrogen and oxygen atoms in total. The van der Waals surface area contributed by atoms with Gasteiger partial charge in [-0.05, 0) is 49.1 Å². The summed E-state index contributed by atoms with van der Waals surface area (Å²) in [5.74, 6) is 0.128. The van der Waals surface area contributed by atoms with Crippen LogP contribution < -0.4 is 5.73 Å². The molecule has 3 aliphatic heterocycles. The van der Waals surface area contributed by atoms with Gasteiger partial charge < -0.3 is 10.6 Å². The first-order valence-electron chi connectivity index (χ1n) is 12.2. The molecular weight excluding hydrogens is 460 g/mol. The Kier molecular flexibility index (Phi) is 5.37. The summed E-state index contributed by atoms with van der Waals surface area (Å²) in [4.78, 5) is 6.00. The van der Waals surface area contributed by atoms with Crippen LogP contribution in [-0.2, 0) is 6.42 Å². The molecule has 1 aromatic carbocycles. The van der Waals surface area contributed by atoms with E-state index >= 15 is 0 Å². The second-order valence-electron chi connectivity index (χ2n) is 10.6. The summed E-state index contributed by atoms with van der Waals surface area (Å²) in [6.45, 7) is 3.65. The minimum absolute atomic E-state index is 0.128. The van der Waals surface area contributed by atoms with Crippen molar-refractivity contribution < 1.29 is 17.6 Å². The van der Waals surface area contributed by atoms with Crippen molar-refractivity contribution in [2.75, 3.05) is 32.7 Å². The van der Waals surface area contributed by atoms with E-state index in [0.717, 1.165) is 47.4 Å². The second kappa shape index (κ2) is 8.23. The Hall–Kier alpha value is -2.59. The molecular formula is C25H30F4N6. The lowest BCUT2D eigenvalue weighted by Gasteiger charge is -2.52. The average Bonchev–Trinajstić information content (AvgIpc) is 3.24. The summed E-state index contributed by atoms with van der Waals surface area (Å²) in [6, 6.07) is 3.12. The number of aromatic nitrogens is 2. The first kappa shape index (κ1) is 22.8. The number of rotatable bonds is 5. The predicted molar refractivity (Wildman–Crippen MR) is 125 cm³/mol. The maximum atomic E-state index is 13.8. The Balaban J connectivity index is 1.36. The number of nitrogens with zero attached hydrogens (tertiary/aromatic N) is 4. The molecule has 4 aliphatic rings. The van der Waals surface area contributed by atoms with Gasteiger partial charge in [-0.25, -0.2) is 4.39 Å². The summed E-state index contributed by atoms with van der Waals surface area (Å²) in [5.41, 5.74) is 10.6. The van der Waals surface area contributed by atoms with Crippen molar-refractivity contribution in [3.63, 3.8) is 0 Å². The van der Waals surface area contributed by atoms with E-state index in [1.165, 1.54) is 0 Å². The zero-order chi connectivity index (χ0) is 24.5. The van der Waals surface area contributed by atoms with Crippen molar-refractivity contribution in [3.05, 3.63) is 53.0 Å². The van der Waals surface area contributed by atoms with Crippen molar-refractivity contribution in [1.29, 1.82) is 0 Å². The van der Waals surface area contributed by atoms with E-state index in [1.807, 2.05) is 31.2 Å². The number of nitrogens with one attached hydrogen (secondary N) is 1. The number of hydrogen-bond donors (Lipinski definition) is 2. The van der Waals surface area contributed by atoms with Gasteiger partial charge in [0.15, 0.2) is 0 Å². The van der Waals surface area contributed by atoms with Crippen molar-refractivity contribution in [3.8, 4) is 0 Å². The summed E-state index contributed by atoms with van der Waals surface area (Å²) < 4.78 is 54.7. The lowest BCUT2D eigenvalue weighted by Crippen LogP contribution is -2.61. The lowest BCUT2D eigenvalue weighted by atomic mass is 9.83. The minimum Gasteiger partial charge on any atom is -0.401 e. The lowest BCUT2D eigenvalue weighted by molar-refractivity contribution is -0.156. The van der Waals surface area contributed by atoms with Crippen LogP contribution in [0.3, 0.4) is 0 Å². The maximum absolute atomic E-state index is 13.8. The van der Waals surface area contributed by atoms with Crippen LogP contribution in [0.1, 0.15) is 30.5 Å². The monoisotopic (exact) mass is 490 g/mol. The van der Waals surface area contributed by atoms with Gasteiger partial charge in [0.05, 0.1) is 36.9 Å². The highest BCUT2D eigenvalue weighted by Gasteiger charge is 2.46. The van der Waals surface area contributed by atoms with E-state index in [0.29, 0.717) is 25.1 Å². The number of alkyl halides is 4. The maximum Gasteiger partial charge on any atom is 0.401 e. The van der Waals surface area contributed by atoms with Crippen molar-refractivity contribution in [2.24, 2.45) is 11.7 Å². The molecule has 1 aromatic heterocycles. The van der Waals surface area contributed by atoms with Crippen LogP contribution in [0.4, 0.5) is 17.6 Å². The number of allylic oxidation sites excluding steroid dienone is 2. The molecule has 6 rings (SSSR count). The molecule has 0 amide bonds. The highest BCUT2D eigenvalue weighted by molar-refractivity contribution is 5.83. The van der Waals surface area contributed by atoms with Gasteiger partial charge in [0.2, 0.25) is 0 Å². The highest BCUT2D eigenvalue weighted by Crippen LogP contribution is 2.45. The summed E-state index contributed by atoms with van der Waals surface area (Å²) in [7, 11) is 0. The Morgan fingerprint density at radius 2 is 1.97 bits per heavy atom. The number of nitrogens with two attached hydrogens (primary N) is 1. The van der Waals surface area contributed by atoms with E-state index < -0.39 is 24.9 Å². The van der Waals surface area contributed by atoms with Gasteiger partial charge in [0.25, 0.3) is 0 Å². The van der Waals surface area contributed by atoms with Gasteiger partial charge in [-0.3, -0.25) is 14.9 Å². The zero-order valence-corrected chi connectivity index (χ0v) is 19.6. The fraction of sp³-hybridized carbons (Fsp3) is 0.560. The number of halogens is 4. The van der Waals surface area contributed by atoms with Crippen LogP contribution >= 0.6 is 0 Å².